The van der Waals surface area contributed by atoms with Crippen LogP contribution in [0.2, 0.25) is 0 Å². The number of hydrogen-bond acceptors (Lipinski definition) is 2. The Kier molecular flexibility index (Phi) is 2.67. The van der Waals surface area contributed by atoms with Crippen molar-refractivity contribution in [2.75, 3.05) is 0 Å². The van der Waals surface area contributed by atoms with Crippen molar-refractivity contribution in [2.24, 2.45) is 0 Å². The van der Waals surface area contributed by atoms with E-state index in [9.17, 15) is 4.79 Å². The van der Waals surface area contributed by atoms with E-state index in [1.54, 1.807) is 6.92 Å². The van der Waals surface area contributed by atoms with Crippen molar-refractivity contribution in [3.63, 3.8) is 0 Å². The molecule has 0 spiro atoms. The third-order valence-corrected chi connectivity index (χ3v) is 3.23. The predicted molar refractivity (Wildman–Crippen MR) is 75.4 cm³/mol. The fourth-order valence-electron chi connectivity index (χ4n) is 2.39. The summed E-state index contributed by atoms with van der Waals surface area (Å²) in [6, 6.07) is 14.1. The maximum atomic E-state index is 11.7. The molecule has 2 heterocycles. The maximum Gasteiger partial charge on any atom is 0.178 e. The highest BCUT2D eigenvalue weighted by molar-refractivity contribution is 5.94. The van der Waals surface area contributed by atoms with Gasteiger partial charge in [-0.05, 0) is 30.2 Å². The highest BCUT2D eigenvalue weighted by Crippen LogP contribution is 2.21. The average Bonchev–Trinajstić information content (AvgIpc) is 2.74. The number of rotatable bonds is 2. The first-order chi connectivity index (χ1) is 9.16. The van der Waals surface area contributed by atoms with Crippen LogP contribution in [0.25, 0.3) is 16.8 Å². The van der Waals surface area contributed by atoms with Crippen LogP contribution in [-0.4, -0.2) is 15.2 Å². The van der Waals surface area contributed by atoms with E-state index in [2.05, 4.69) is 17.1 Å². The Morgan fingerprint density at radius 2 is 1.79 bits per heavy atom. The van der Waals surface area contributed by atoms with Crippen LogP contribution in [-0.2, 0) is 0 Å². The second-order valence-corrected chi connectivity index (χ2v) is 4.61. The highest BCUT2D eigenvalue weighted by atomic mass is 16.1. The van der Waals surface area contributed by atoms with E-state index >= 15 is 0 Å². The molecule has 94 valence electrons. The van der Waals surface area contributed by atoms with Gasteiger partial charge >= 0.3 is 0 Å². The molecule has 1 aromatic carbocycles. The molecule has 0 bridgehead atoms. The summed E-state index contributed by atoms with van der Waals surface area (Å²) in [4.78, 5) is 16.1. The molecule has 0 amide bonds. The van der Waals surface area contributed by atoms with Gasteiger partial charge in [-0.1, -0.05) is 30.3 Å². The van der Waals surface area contributed by atoms with Gasteiger partial charge in [0.25, 0.3) is 0 Å². The highest BCUT2D eigenvalue weighted by Gasteiger charge is 2.13. The Morgan fingerprint density at radius 3 is 2.47 bits per heavy atom. The molecular weight excluding hydrogens is 236 g/mol. The van der Waals surface area contributed by atoms with Crippen LogP contribution < -0.4 is 0 Å². The summed E-state index contributed by atoms with van der Waals surface area (Å²) in [7, 11) is 0. The zero-order chi connectivity index (χ0) is 13.4. The minimum atomic E-state index is 0.0372. The monoisotopic (exact) mass is 250 g/mol. The van der Waals surface area contributed by atoms with Gasteiger partial charge in [0.15, 0.2) is 5.78 Å². The van der Waals surface area contributed by atoms with Gasteiger partial charge in [0.05, 0.1) is 5.69 Å². The third-order valence-electron chi connectivity index (χ3n) is 3.23. The summed E-state index contributed by atoms with van der Waals surface area (Å²) in [6.45, 7) is 3.44. The first kappa shape index (κ1) is 11.7. The quantitative estimate of drug-likeness (QED) is 0.652. The lowest BCUT2D eigenvalue weighted by Crippen LogP contribution is -2.00. The van der Waals surface area contributed by atoms with Crippen molar-refractivity contribution < 1.29 is 4.79 Å². The number of imidazole rings is 1. The minimum Gasteiger partial charge on any atom is -0.296 e. The number of fused-ring (bicyclic) bond motifs is 1. The van der Waals surface area contributed by atoms with Gasteiger partial charge in [0, 0.05) is 13.1 Å². The second kappa shape index (κ2) is 4.35. The fourth-order valence-corrected chi connectivity index (χ4v) is 2.39. The first-order valence-electron chi connectivity index (χ1n) is 6.22. The second-order valence-electron chi connectivity index (χ2n) is 4.61. The lowest BCUT2D eigenvalue weighted by molar-refractivity contribution is 0.101. The smallest absolute Gasteiger partial charge is 0.178 e. The summed E-state index contributed by atoms with van der Waals surface area (Å²) in [5.41, 5.74) is 4.45. The number of ketones is 1. The molecule has 0 aliphatic carbocycles. The van der Waals surface area contributed by atoms with Crippen LogP contribution in [0.1, 0.15) is 23.1 Å². The minimum absolute atomic E-state index is 0.0372. The van der Waals surface area contributed by atoms with Crippen LogP contribution in [0.3, 0.4) is 0 Å². The molecule has 0 N–H and O–H groups in total. The molecule has 3 nitrogen and oxygen atoms in total. The largest absolute Gasteiger partial charge is 0.296 e. The van der Waals surface area contributed by atoms with E-state index < -0.39 is 0 Å². The maximum absolute atomic E-state index is 11.7. The predicted octanol–water partition coefficient (Wildman–Crippen LogP) is 3.51. The number of Topliss-reactive ketones (excluding diaryl/α,β-unsaturated/α-hetero) is 1. The molecule has 2 aromatic heterocycles. The van der Waals surface area contributed by atoms with E-state index in [1.165, 1.54) is 0 Å². The number of carbonyl (C=O) groups excluding carboxylic acids is 1. The van der Waals surface area contributed by atoms with Gasteiger partial charge in [-0.15, -0.1) is 0 Å². The topological polar surface area (TPSA) is 34.4 Å². The van der Waals surface area contributed by atoms with Gasteiger partial charge in [0.1, 0.15) is 11.3 Å². The molecule has 0 radical (unpaired) electrons. The lowest BCUT2D eigenvalue weighted by Gasteiger charge is -2.04. The molecule has 0 saturated heterocycles. The van der Waals surface area contributed by atoms with Crippen molar-refractivity contribution in [2.45, 2.75) is 13.8 Å². The fraction of sp³-hybridized carbons (Fsp3) is 0.125. The standard InChI is InChI=1S/C16H14N2O/c1-11-16(12(2)19)18-10-14(8-9-15(18)17-11)13-6-4-3-5-7-13/h3-10H,1-2H3. The van der Waals surface area contributed by atoms with Gasteiger partial charge < -0.3 is 0 Å². The molecule has 0 saturated carbocycles. The molecule has 3 heteroatoms. The zero-order valence-corrected chi connectivity index (χ0v) is 10.9. The van der Waals surface area contributed by atoms with Gasteiger partial charge in [-0.25, -0.2) is 4.98 Å². The number of aryl methyl sites for hydroxylation is 1. The number of pyridine rings is 1. The Morgan fingerprint density at radius 1 is 1.05 bits per heavy atom. The zero-order valence-electron chi connectivity index (χ0n) is 10.9. The molecule has 3 aromatic rings. The van der Waals surface area contributed by atoms with Crippen LogP contribution in [0.4, 0.5) is 0 Å². The Balaban J connectivity index is 2.25. The van der Waals surface area contributed by atoms with Gasteiger partial charge in [0.2, 0.25) is 0 Å². The van der Waals surface area contributed by atoms with Crippen LogP contribution in [0, 0.1) is 6.92 Å². The van der Waals surface area contributed by atoms with Crippen LogP contribution >= 0.6 is 0 Å². The lowest BCUT2D eigenvalue weighted by atomic mass is 10.1. The number of benzene rings is 1. The van der Waals surface area contributed by atoms with Crippen LogP contribution in [0.15, 0.2) is 48.7 Å². The van der Waals surface area contributed by atoms with E-state index in [0.717, 1.165) is 22.5 Å². The summed E-state index contributed by atoms with van der Waals surface area (Å²) < 4.78 is 1.88. The van der Waals surface area contributed by atoms with Gasteiger partial charge in [-0.2, -0.15) is 0 Å². The van der Waals surface area contributed by atoms with Crippen LogP contribution in [0.5, 0.6) is 0 Å². The summed E-state index contributed by atoms with van der Waals surface area (Å²) >= 11 is 0. The van der Waals surface area contributed by atoms with Crippen molar-refractivity contribution in [3.05, 3.63) is 60.0 Å². The molecular formula is C16H14N2O. The van der Waals surface area contributed by atoms with E-state index in [-0.39, 0.29) is 5.78 Å². The Labute approximate surface area is 111 Å². The summed E-state index contributed by atoms with van der Waals surface area (Å²) in [5.74, 6) is 0.0372. The number of carbonyl (C=O) groups is 1. The molecule has 0 unspecified atom stereocenters. The number of hydrogen-bond donors (Lipinski definition) is 0. The number of aromatic nitrogens is 2. The average molecular weight is 250 g/mol. The van der Waals surface area contributed by atoms with E-state index in [0.29, 0.717) is 5.69 Å². The molecule has 0 aliphatic heterocycles. The summed E-state index contributed by atoms with van der Waals surface area (Å²) in [6.07, 6.45) is 1.97. The summed E-state index contributed by atoms with van der Waals surface area (Å²) in [5, 5.41) is 0. The third kappa shape index (κ3) is 1.93. The SMILES string of the molecule is CC(=O)c1c(C)nc2ccc(-c3ccccc3)cn12. The molecule has 19 heavy (non-hydrogen) atoms. The normalized spacial score (nSPS) is 10.8. The van der Waals surface area contributed by atoms with E-state index in [1.807, 2.05) is 47.9 Å². The molecule has 3 rings (SSSR count). The molecule has 0 fully saturated rings. The Hall–Kier alpha value is -2.42. The van der Waals surface area contributed by atoms with Crippen molar-refractivity contribution in [1.29, 1.82) is 0 Å². The molecule has 0 atom stereocenters. The van der Waals surface area contributed by atoms with E-state index in [4.69, 9.17) is 0 Å². The first-order valence-corrected chi connectivity index (χ1v) is 6.22. The van der Waals surface area contributed by atoms with Crippen molar-refractivity contribution >= 4 is 11.4 Å². The molecule has 0 aliphatic rings. The van der Waals surface area contributed by atoms with Gasteiger partial charge in [-0.3, -0.25) is 9.20 Å². The Bertz CT molecular complexity index is 757. The number of nitrogens with zero attached hydrogens (tertiary/aromatic N) is 2. The van der Waals surface area contributed by atoms with Crippen molar-refractivity contribution in [1.82, 2.24) is 9.38 Å². The van der Waals surface area contributed by atoms with Crippen molar-refractivity contribution in [3.8, 4) is 11.1 Å².